The number of hydrogen-bond donors (Lipinski definition) is 0. The van der Waals surface area contributed by atoms with Crippen molar-refractivity contribution in [2.45, 2.75) is 0 Å². The fourth-order valence-electron chi connectivity index (χ4n) is 0. The van der Waals surface area contributed by atoms with E-state index in [0.717, 1.165) is 0 Å². The summed E-state index contributed by atoms with van der Waals surface area (Å²) < 4.78 is 102. The minimum Gasteiger partial charge on any atom is -0.870 e. The molecule has 0 aliphatic heterocycles. The second-order valence-corrected chi connectivity index (χ2v) is 3.67. The maximum atomic E-state index is 8.52. The average Bonchev–Trinajstić information content (AvgIpc) is 1.41. The summed E-state index contributed by atoms with van der Waals surface area (Å²) in [6.45, 7) is 0. The van der Waals surface area contributed by atoms with Gasteiger partial charge in [0.15, 0.2) is 0 Å². The van der Waals surface area contributed by atoms with Gasteiger partial charge in [0.2, 0.25) is 0 Å². The summed E-state index contributed by atoms with van der Waals surface area (Å²) in [5, 5.41) is 0. The smallest absolute Gasteiger partial charge is 0.870 e. The Hall–Kier alpha value is 1.09. The van der Waals surface area contributed by atoms with Crippen LogP contribution in [0.25, 0.3) is 0 Å². The Labute approximate surface area is 151 Å². The van der Waals surface area contributed by atoms with Gasteiger partial charge >= 0.3 is 52.1 Å². The van der Waals surface area contributed by atoms with Crippen molar-refractivity contribution in [3.63, 3.8) is 0 Å². The topological polar surface area (TPSA) is 331 Å². The molecule has 0 atom stereocenters. The molecule has 120 valence electrons. The van der Waals surface area contributed by atoms with Crippen LogP contribution in [0.15, 0.2) is 0 Å². The van der Waals surface area contributed by atoms with Crippen molar-refractivity contribution in [3.05, 3.63) is 0 Å². The van der Waals surface area contributed by atoms with E-state index in [4.69, 9.17) is 52.6 Å². The van der Waals surface area contributed by atoms with Crippen LogP contribution in [0, 0.1) is 0 Å². The van der Waals surface area contributed by atoms with Gasteiger partial charge in [-0.25, -0.2) is 0 Å². The molecule has 0 saturated heterocycles. The maximum absolute atomic E-state index is 8.52. The zero-order valence-electron chi connectivity index (χ0n) is 9.20. The van der Waals surface area contributed by atoms with Gasteiger partial charge in [0.05, 0.1) is 0 Å². The molecule has 15 nitrogen and oxygen atoms in total. The predicted molar refractivity (Wildman–Crippen MR) is 54.5 cm³/mol. The molecular formula is H3Al3O15S3. The maximum Gasteiger partial charge on any atom is 3.00 e. The van der Waals surface area contributed by atoms with Gasteiger partial charge in [0.1, 0.15) is 0 Å². The van der Waals surface area contributed by atoms with E-state index in [1.165, 1.54) is 0 Å². The quantitative estimate of drug-likeness (QED) is 0.200. The Morgan fingerprint density at radius 1 is 0.381 bits per heavy atom. The first-order valence-electron chi connectivity index (χ1n) is 2.00. The minimum atomic E-state index is -5.17. The van der Waals surface area contributed by atoms with Gasteiger partial charge < -0.3 is 43.7 Å². The van der Waals surface area contributed by atoms with Crippen molar-refractivity contribution in [2.75, 3.05) is 0 Å². The summed E-state index contributed by atoms with van der Waals surface area (Å²) in [4.78, 5) is 0. The number of hydrogen-bond acceptors (Lipinski definition) is 15. The van der Waals surface area contributed by atoms with Crippen LogP contribution in [0.4, 0.5) is 0 Å². The molecule has 21 heavy (non-hydrogen) atoms. The fraction of sp³-hybridized carbons (Fsp3) is 0. The summed E-state index contributed by atoms with van der Waals surface area (Å²) in [7, 11) is -15.5. The fourth-order valence-corrected chi connectivity index (χ4v) is 0. The van der Waals surface area contributed by atoms with Gasteiger partial charge in [0.25, 0.3) is 0 Å². The summed E-state index contributed by atoms with van der Waals surface area (Å²) in [5.74, 6) is 0. The standard InChI is InChI=1S/3Al.3H2O4S.3H2O/c;;;3*1-5(2,3)4;;;/h;;;3*(H2,1,2,3,4);3*1H2/q3*+3;;;;;;/p-9. The van der Waals surface area contributed by atoms with Crippen molar-refractivity contribution in [1.29, 1.82) is 0 Å². The van der Waals surface area contributed by atoms with Crippen LogP contribution in [0.2, 0.25) is 0 Å². The van der Waals surface area contributed by atoms with Crippen molar-refractivity contribution in [3.8, 4) is 0 Å². The minimum absolute atomic E-state index is 0. The molecule has 21 heteroatoms. The number of rotatable bonds is 0. The van der Waals surface area contributed by atoms with Gasteiger partial charge in [-0.3, -0.25) is 25.3 Å². The molecule has 0 rings (SSSR count). The SMILES string of the molecule is O=S(=O)([O-])[O-].O=S(=O)([O-])[O-].O=S(=O)([O-])[O-].[Al+3].[Al+3].[Al+3].[OH-].[OH-].[OH-]. The first-order chi connectivity index (χ1) is 6.00. The van der Waals surface area contributed by atoms with E-state index in [-0.39, 0.29) is 68.5 Å². The Morgan fingerprint density at radius 3 is 0.381 bits per heavy atom. The average molecular weight is 420 g/mol. The predicted octanol–water partition coefficient (Wildman–Crippen LogP) is -5.69. The third-order valence-electron chi connectivity index (χ3n) is 0. The largest absolute Gasteiger partial charge is 3.00 e. The second kappa shape index (κ2) is 23.4. The molecule has 3 N–H and O–H groups in total. The Morgan fingerprint density at radius 2 is 0.381 bits per heavy atom. The zero-order valence-corrected chi connectivity index (χ0v) is 15.1. The zero-order chi connectivity index (χ0) is 13.5. The second-order valence-electron chi connectivity index (χ2n) is 1.22. The molecule has 0 bridgehead atoms. The molecule has 0 amide bonds. The summed E-state index contributed by atoms with van der Waals surface area (Å²) in [6.07, 6.45) is 0. The third-order valence-corrected chi connectivity index (χ3v) is 0. The van der Waals surface area contributed by atoms with E-state index in [1.54, 1.807) is 0 Å². The van der Waals surface area contributed by atoms with Crippen LogP contribution >= 0.6 is 0 Å². The first-order valence-corrected chi connectivity index (χ1v) is 6.00. The van der Waals surface area contributed by atoms with Crippen molar-refractivity contribution in [1.82, 2.24) is 0 Å². The molecule has 0 saturated carbocycles. The van der Waals surface area contributed by atoms with Gasteiger partial charge in [-0.15, -0.1) is 0 Å². The molecule has 0 radical (unpaired) electrons. The Kier molecular flexibility index (Phi) is 63.8. The molecule has 0 unspecified atom stereocenters. The van der Waals surface area contributed by atoms with E-state index in [1.807, 2.05) is 0 Å². The molecule has 0 spiro atoms. The van der Waals surface area contributed by atoms with Gasteiger partial charge in [-0.05, 0) is 0 Å². The summed E-state index contributed by atoms with van der Waals surface area (Å²) in [5.41, 5.74) is 0. The molecular weight excluding hydrogens is 417 g/mol. The molecule has 0 fully saturated rings. The van der Waals surface area contributed by atoms with Gasteiger partial charge in [0, 0.05) is 31.2 Å². The Balaban J connectivity index is -0.0000000129. The van der Waals surface area contributed by atoms with Crippen molar-refractivity contribution in [2.24, 2.45) is 0 Å². The first kappa shape index (κ1) is 57.3. The van der Waals surface area contributed by atoms with Crippen LogP contribution in [0.3, 0.4) is 0 Å². The molecule has 0 aliphatic carbocycles. The van der Waals surface area contributed by atoms with Crippen LogP contribution < -0.4 is 0 Å². The molecule has 0 aliphatic rings. The van der Waals surface area contributed by atoms with Crippen LogP contribution in [-0.4, -0.2) is 121 Å². The molecule has 0 aromatic heterocycles. The Bertz CT molecular complexity index is 345. The van der Waals surface area contributed by atoms with E-state index in [9.17, 15) is 0 Å². The molecule has 0 aromatic rings. The summed E-state index contributed by atoms with van der Waals surface area (Å²) in [6, 6.07) is 0. The van der Waals surface area contributed by atoms with Crippen LogP contribution in [0.1, 0.15) is 0 Å². The van der Waals surface area contributed by atoms with Crippen molar-refractivity contribution >= 4 is 83.3 Å². The molecule has 0 heterocycles. The van der Waals surface area contributed by atoms with Crippen LogP contribution in [0.5, 0.6) is 0 Å². The van der Waals surface area contributed by atoms with Crippen molar-refractivity contribution < 1.29 is 69.0 Å². The molecule has 0 aromatic carbocycles. The van der Waals surface area contributed by atoms with Gasteiger partial charge in [-0.2, -0.15) is 0 Å². The normalized spacial score (nSPS) is 8.29. The van der Waals surface area contributed by atoms with E-state index in [2.05, 4.69) is 0 Å². The monoisotopic (exact) mass is 420 g/mol. The van der Waals surface area contributed by atoms with Crippen LogP contribution in [-0.2, 0) is 31.2 Å². The third kappa shape index (κ3) is 6500. The van der Waals surface area contributed by atoms with Gasteiger partial charge in [-0.1, -0.05) is 0 Å². The van der Waals surface area contributed by atoms with E-state index >= 15 is 0 Å². The van der Waals surface area contributed by atoms with E-state index in [0.29, 0.717) is 0 Å². The summed E-state index contributed by atoms with van der Waals surface area (Å²) >= 11 is 0. The van der Waals surface area contributed by atoms with E-state index < -0.39 is 31.2 Å².